The van der Waals surface area contributed by atoms with Crippen LogP contribution in [-0.2, 0) is 16.6 Å². The predicted molar refractivity (Wildman–Crippen MR) is 78.0 cm³/mol. The number of piperazine rings is 1. The molecule has 5 nitrogen and oxygen atoms in total. The van der Waals surface area contributed by atoms with Crippen molar-refractivity contribution in [1.29, 1.82) is 0 Å². The van der Waals surface area contributed by atoms with Crippen molar-refractivity contribution < 1.29 is 13.5 Å². The molecule has 0 aromatic heterocycles. The summed E-state index contributed by atoms with van der Waals surface area (Å²) in [6.07, 6.45) is 0. The second-order valence-corrected chi connectivity index (χ2v) is 6.94. The summed E-state index contributed by atoms with van der Waals surface area (Å²) in [7, 11) is -3.46. The van der Waals surface area contributed by atoms with E-state index in [2.05, 4.69) is 11.8 Å². The van der Waals surface area contributed by atoms with Crippen molar-refractivity contribution in [2.24, 2.45) is 0 Å². The van der Waals surface area contributed by atoms with Crippen molar-refractivity contribution >= 4 is 10.0 Å². The number of sulfonamides is 1. The van der Waals surface area contributed by atoms with E-state index in [1.54, 1.807) is 29.4 Å². The Labute approximate surface area is 120 Å². The second-order valence-electron chi connectivity index (χ2n) is 5.04. The summed E-state index contributed by atoms with van der Waals surface area (Å²) in [6, 6.07) is 5.06. The first-order valence-electron chi connectivity index (χ1n) is 6.92. The predicted octanol–water partition coefficient (Wildman–Crippen LogP) is 0.814. The van der Waals surface area contributed by atoms with Crippen LogP contribution in [0.1, 0.15) is 18.1 Å². The Bertz CT molecular complexity index is 564. The lowest BCUT2D eigenvalue weighted by Gasteiger charge is -2.33. The zero-order valence-corrected chi connectivity index (χ0v) is 12.9. The minimum absolute atomic E-state index is 0.140. The highest BCUT2D eigenvalue weighted by Gasteiger charge is 2.29. The summed E-state index contributed by atoms with van der Waals surface area (Å²) in [4.78, 5) is 2.55. The van der Waals surface area contributed by atoms with Crippen molar-refractivity contribution in [2.45, 2.75) is 25.3 Å². The Balaban J connectivity index is 2.27. The number of rotatable bonds is 4. The SMILES string of the molecule is CCN1CCN(S(=O)(=O)c2cccc(CO)c2C)CC1. The van der Waals surface area contributed by atoms with Gasteiger partial charge in [-0.1, -0.05) is 19.1 Å². The quantitative estimate of drug-likeness (QED) is 0.894. The maximum atomic E-state index is 12.7. The van der Waals surface area contributed by atoms with Crippen molar-refractivity contribution in [1.82, 2.24) is 9.21 Å². The summed E-state index contributed by atoms with van der Waals surface area (Å²) in [6.45, 7) is 7.24. The van der Waals surface area contributed by atoms with E-state index in [1.807, 2.05) is 0 Å². The third kappa shape index (κ3) is 2.88. The Morgan fingerprint density at radius 1 is 1.20 bits per heavy atom. The first-order chi connectivity index (χ1) is 9.50. The summed E-state index contributed by atoms with van der Waals surface area (Å²) < 4.78 is 26.9. The van der Waals surface area contributed by atoms with E-state index in [0.29, 0.717) is 29.1 Å². The number of aliphatic hydroxyl groups excluding tert-OH is 1. The number of benzene rings is 1. The average molecular weight is 298 g/mol. The third-order valence-electron chi connectivity index (χ3n) is 3.96. The lowest BCUT2D eigenvalue weighted by molar-refractivity contribution is 0.196. The van der Waals surface area contributed by atoms with Gasteiger partial charge in [-0.05, 0) is 30.7 Å². The smallest absolute Gasteiger partial charge is 0.243 e. The number of nitrogens with zero attached hydrogens (tertiary/aromatic N) is 2. The molecule has 1 aliphatic rings. The summed E-state index contributed by atoms with van der Waals surface area (Å²) in [5, 5.41) is 9.27. The van der Waals surface area contributed by atoms with Crippen LogP contribution in [0.15, 0.2) is 23.1 Å². The molecule has 0 aliphatic carbocycles. The molecule has 6 heteroatoms. The van der Waals surface area contributed by atoms with E-state index in [0.717, 1.165) is 19.6 Å². The highest BCUT2D eigenvalue weighted by atomic mass is 32.2. The molecule has 1 aliphatic heterocycles. The van der Waals surface area contributed by atoms with E-state index in [9.17, 15) is 13.5 Å². The van der Waals surface area contributed by atoms with Crippen LogP contribution in [0.4, 0.5) is 0 Å². The molecule has 0 bridgehead atoms. The van der Waals surface area contributed by atoms with Crippen LogP contribution in [0.25, 0.3) is 0 Å². The van der Waals surface area contributed by atoms with Gasteiger partial charge >= 0.3 is 0 Å². The Kier molecular flexibility index (Phi) is 4.80. The summed E-state index contributed by atoms with van der Waals surface area (Å²) in [5.74, 6) is 0. The lowest BCUT2D eigenvalue weighted by atomic mass is 10.1. The van der Waals surface area contributed by atoms with Gasteiger partial charge in [0.25, 0.3) is 0 Å². The molecule has 1 saturated heterocycles. The molecule has 1 aromatic rings. The average Bonchev–Trinajstić information content (AvgIpc) is 2.47. The normalized spacial score (nSPS) is 18.4. The van der Waals surface area contributed by atoms with Crippen molar-refractivity contribution in [3.63, 3.8) is 0 Å². The maximum absolute atomic E-state index is 12.7. The van der Waals surface area contributed by atoms with Crippen LogP contribution >= 0.6 is 0 Å². The molecular formula is C14H22N2O3S. The van der Waals surface area contributed by atoms with E-state index < -0.39 is 10.0 Å². The second kappa shape index (κ2) is 6.22. The first kappa shape index (κ1) is 15.4. The molecule has 0 spiro atoms. The van der Waals surface area contributed by atoms with Gasteiger partial charge in [0.15, 0.2) is 0 Å². The Hall–Kier alpha value is -0.950. The first-order valence-corrected chi connectivity index (χ1v) is 8.36. The number of hydrogen-bond donors (Lipinski definition) is 1. The van der Waals surface area contributed by atoms with Gasteiger partial charge in [-0.25, -0.2) is 8.42 Å². The van der Waals surface area contributed by atoms with Gasteiger partial charge in [-0.15, -0.1) is 0 Å². The van der Waals surface area contributed by atoms with Crippen molar-refractivity contribution in [2.75, 3.05) is 32.7 Å². The molecule has 112 valence electrons. The van der Waals surface area contributed by atoms with E-state index >= 15 is 0 Å². The summed E-state index contributed by atoms with van der Waals surface area (Å²) >= 11 is 0. The van der Waals surface area contributed by atoms with Crippen LogP contribution in [0, 0.1) is 6.92 Å². The molecule has 1 N–H and O–H groups in total. The standard InChI is InChI=1S/C14H22N2O3S/c1-3-15-7-9-16(10-8-15)20(18,19)14-6-4-5-13(11-17)12(14)2/h4-6,17H,3,7-11H2,1-2H3. The van der Waals surface area contributed by atoms with Crippen molar-refractivity contribution in [3.05, 3.63) is 29.3 Å². The minimum atomic E-state index is -3.46. The van der Waals surface area contributed by atoms with E-state index in [1.165, 1.54) is 0 Å². The van der Waals surface area contributed by atoms with Gasteiger partial charge in [-0.3, -0.25) is 0 Å². The molecule has 2 rings (SSSR count). The van der Waals surface area contributed by atoms with Gasteiger partial charge in [0.2, 0.25) is 10.0 Å². The van der Waals surface area contributed by atoms with Crippen LogP contribution < -0.4 is 0 Å². The van der Waals surface area contributed by atoms with E-state index in [4.69, 9.17) is 0 Å². The molecule has 1 heterocycles. The van der Waals surface area contributed by atoms with Gasteiger partial charge in [0.1, 0.15) is 0 Å². The monoisotopic (exact) mass is 298 g/mol. The fourth-order valence-corrected chi connectivity index (χ4v) is 4.23. The Morgan fingerprint density at radius 2 is 1.85 bits per heavy atom. The van der Waals surface area contributed by atoms with Crippen LogP contribution in [0.3, 0.4) is 0 Å². The maximum Gasteiger partial charge on any atom is 0.243 e. The summed E-state index contributed by atoms with van der Waals surface area (Å²) in [5.41, 5.74) is 1.31. The highest BCUT2D eigenvalue weighted by molar-refractivity contribution is 7.89. The molecule has 20 heavy (non-hydrogen) atoms. The highest BCUT2D eigenvalue weighted by Crippen LogP contribution is 2.23. The zero-order chi connectivity index (χ0) is 14.8. The van der Waals surface area contributed by atoms with Crippen LogP contribution in [0.2, 0.25) is 0 Å². The molecule has 0 saturated carbocycles. The van der Waals surface area contributed by atoms with Gasteiger partial charge in [0, 0.05) is 26.2 Å². The van der Waals surface area contributed by atoms with Gasteiger partial charge in [0.05, 0.1) is 11.5 Å². The fourth-order valence-electron chi connectivity index (χ4n) is 2.54. The number of likely N-dealkylation sites (N-methyl/N-ethyl adjacent to an activating group) is 1. The molecule has 1 fully saturated rings. The molecular weight excluding hydrogens is 276 g/mol. The minimum Gasteiger partial charge on any atom is -0.392 e. The Morgan fingerprint density at radius 3 is 2.40 bits per heavy atom. The largest absolute Gasteiger partial charge is 0.392 e. The number of aliphatic hydroxyl groups is 1. The molecule has 0 unspecified atom stereocenters. The molecule has 1 aromatic carbocycles. The topological polar surface area (TPSA) is 60.9 Å². The number of hydrogen-bond acceptors (Lipinski definition) is 4. The molecule has 0 radical (unpaired) electrons. The zero-order valence-electron chi connectivity index (χ0n) is 12.0. The van der Waals surface area contributed by atoms with Gasteiger partial charge < -0.3 is 10.0 Å². The molecule has 0 atom stereocenters. The fraction of sp³-hybridized carbons (Fsp3) is 0.571. The van der Waals surface area contributed by atoms with E-state index in [-0.39, 0.29) is 6.61 Å². The lowest BCUT2D eigenvalue weighted by Crippen LogP contribution is -2.48. The third-order valence-corrected chi connectivity index (χ3v) is 6.01. The van der Waals surface area contributed by atoms with Gasteiger partial charge in [-0.2, -0.15) is 4.31 Å². The molecule has 0 amide bonds. The van der Waals surface area contributed by atoms with Crippen molar-refractivity contribution in [3.8, 4) is 0 Å². The van der Waals surface area contributed by atoms with Crippen LogP contribution in [-0.4, -0.2) is 55.5 Å². The van der Waals surface area contributed by atoms with Crippen LogP contribution in [0.5, 0.6) is 0 Å².